The number of aliphatic hydroxyl groups is 1. The van der Waals surface area contributed by atoms with Crippen LogP contribution in [-0.4, -0.2) is 10.4 Å². The van der Waals surface area contributed by atoms with E-state index in [9.17, 15) is 5.11 Å². The van der Waals surface area contributed by atoms with Crippen LogP contribution in [0.3, 0.4) is 0 Å². The molecule has 0 aromatic heterocycles. The van der Waals surface area contributed by atoms with E-state index < -0.39 is 1.61 Å². The summed E-state index contributed by atoms with van der Waals surface area (Å²) in [6.45, 7) is 0. The van der Waals surface area contributed by atoms with Gasteiger partial charge in [-0.3, -0.25) is 0 Å². The second kappa shape index (κ2) is 8.79. The molecule has 0 heterocycles. The molecule has 0 aromatic rings. The van der Waals surface area contributed by atoms with Crippen molar-refractivity contribution in [1.29, 1.82) is 0 Å². The van der Waals surface area contributed by atoms with E-state index in [2.05, 4.69) is 248 Å². The van der Waals surface area contributed by atoms with Crippen molar-refractivity contribution in [2.45, 2.75) is 5.34 Å². The predicted molar refractivity (Wildman–Crippen MR) is 170 cm³/mol. The average Bonchev–Trinajstić information content (AvgIpc) is 1.95. The molecule has 104 valence electrons. The fourth-order valence-corrected chi connectivity index (χ4v) is 20.3. The van der Waals surface area contributed by atoms with Gasteiger partial charge in [0.25, 0.3) is 0 Å². The molecule has 0 saturated heterocycles. The molecule has 0 aromatic carbocycles. The molecular formula is C5HI11O. The van der Waals surface area contributed by atoms with E-state index in [0.29, 0.717) is 0 Å². The van der Waals surface area contributed by atoms with Crippen LogP contribution in [0.25, 0.3) is 0 Å². The third-order valence-electron chi connectivity index (χ3n) is 1.59. The van der Waals surface area contributed by atoms with E-state index in [1.54, 1.807) is 0 Å². The van der Waals surface area contributed by atoms with Crippen LogP contribution in [-0.2, 0) is 0 Å². The van der Waals surface area contributed by atoms with Gasteiger partial charge in [-0.2, -0.15) is 0 Å². The van der Waals surface area contributed by atoms with Crippen molar-refractivity contribution in [3.8, 4) is 0 Å². The second-order valence-corrected chi connectivity index (χ2v) is 37.0. The van der Waals surface area contributed by atoms with Crippen molar-refractivity contribution in [2.75, 3.05) is 0 Å². The summed E-state index contributed by atoms with van der Waals surface area (Å²) in [6.07, 6.45) is 0. The van der Waals surface area contributed by atoms with E-state index in [-0.39, 0.29) is 3.72 Å². The van der Waals surface area contributed by atoms with Crippen molar-refractivity contribution < 1.29 is 5.11 Å². The smallest absolute Gasteiger partial charge is 0.192 e. The van der Waals surface area contributed by atoms with Crippen LogP contribution in [0.1, 0.15) is 0 Å². The van der Waals surface area contributed by atoms with E-state index in [1.165, 1.54) is 0 Å². The highest BCUT2D eigenvalue weighted by Crippen LogP contribution is 2.74. The van der Waals surface area contributed by atoms with Crippen LogP contribution in [0.4, 0.5) is 0 Å². The van der Waals surface area contributed by atoms with Crippen LogP contribution < -0.4 is 0 Å². The Balaban J connectivity index is 6.04. The largest absolute Gasteiger partial charge is 0.369 e. The minimum Gasteiger partial charge on any atom is -0.369 e. The topological polar surface area (TPSA) is 20.2 Å². The molecule has 0 aliphatic rings. The van der Waals surface area contributed by atoms with Crippen LogP contribution in [0.15, 0.2) is 0 Å². The third kappa shape index (κ3) is 5.99. The van der Waals surface area contributed by atoms with E-state index in [1.807, 2.05) is 0 Å². The Kier molecular flexibility index (Phi) is 12.9. The minimum absolute atomic E-state index is 0.0306. The van der Waals surface area contributed by atoms with Gasteiger partial charge in [-0.15, -0.1) is 0 Å². The first-order valence-electron chi connectivity index (χ1n) is 3.30. The van der Waals surface area contributed by atoms with Gasteiger partial charge in [-0.05, 0) is 45.2 Å². The highest BCUT2D eigenvalue weighted by molar-refractivity contribution is 14.3. The van der Waals surface area contributed by atoms with Crippen molar-refractivity contribution >= 4 is 248 Å². The highest BCUT2D eigenvalue weighted by Gasteiger charge is 2.71. The van der Waals surface area contributed by atoms with Gasteiger partial charge in [-0.25, -0.2) is 0 Å². The predicted octanol–water partition coefficient (Wildman–Crippen LogP) is 8.16. The lowest BCUT2D eigenvalue weighted by Gasteiger charge is -2.52. The van der Waals surface area contributed by atoms with Crippen molar-refractivity contribution in [1.82, 2.24) is 0 Å². The number of alkyl halides is 11. The van der Waals surface area contributed by atoms with E-state index in [4.69, 9.17) is 0 Å². The van der Waals surface area contributed by atoms with Crippen molar-refractivity contribution in [3.05, 3.63) is 0 Å². The molecule has 0 aliphatic carbocycles. The lowest BCUT2D eigenvalue weighted by Crippen LogP contribution is -2.63. The molecule has 0 rings (SSSR count). The Morgan fingerprint density at radius 1 is 0.529 bits per heavy atom. The molecule has 1 N–H and O–H groups in total. The first-order valence-corrected chi connectivity index (χ1v) is 15.2. The second-order valence-electron chi connectivity index (χ2n) is 2.77. The molecular weight excluding hydrogens is 1470 g/mol. The van der Waals surface area contributed by atoms with Gasteiger partial charge in [0.2, 0.25) is 0 Å². The maximum absolute atomic E-state index is 10.5. The van der Waals surface area contributed by atoms with Gasteiger partial charge in [0.15, 0.2) is 1.61 Å². The molecule has 0 amide bonds. The molecule has 0 saturated carbocycles. The number of rotatable bonds is 4. The summed E-state index contributed by atoms with van der Waals surface area (Å²) in [5.74, 6) is 0. The van der Waals surface area contributed by atoms with Crippen LogP contribution in [0.2, 0.25) is 0 Å². The quantitative estimate of drug-likeness (QED) is 0.223. The zero-order valence-corrected chi connectivity index (χ0v) is 30.8. The summed E-state index contributed by atoms with van der Waals surface area (Å²) in [6, 6.07) is 0. The van der Waals surface area contributed by atoms with Crippen LogP contribution in [0.5, 0.6) is 0 Å². The van der Waals surface area contributed by atoms with Crippen LogP contribution in [0, 0.1) is 0 Å². The van der Waals surface area contributed by atoms with E-state index >= 15 is 0 Å². The lowest BCUT2D eigenvalue weighted by atomic mass is 10.1. The molecule has 0 aliphatic heterocycles. The molecule has 0 fully saturated rings. The zero-order valence-electron chi connectivity index (χ0n) is 7.10. The minimum atomic E-state index is -0.829. The first-order chi connectivity index (χ1) is 7.00. The van der Waals surface area contributed by atoms with Gasteiger partial charge < -0.3 is 5.11 Å². The fourth-order valence-electron chi connectivity index (χ4n) is 0.724. The summed E-state index contributed by atoms with van der Waals surface area (Å²) in [4.78, 5) is 0. The Hall–Kier alpha value is 7.99. The van der Waals surface area contributed by atoms with Crippen LogP contribution >= 0.6 is 248 Å². The van der Waals surface area contributed by atoms with Gasteiger partial charge in [0.1, 0.15) is 3.72 Å². The molecule has 0 radical (unpaired) electrons. The number of hydrogen-bond donors (Lipinski definition) is 1. The van der Waals surface area contributed by atoms with Crippen molar-refractivity contribution in [3.63, 3.8) is 0 Å². The van der Waals surface area contributed by atoms with Gasteiger partial charge in [0, 0.05) is 0 Å². The van der Waals surface area contributed by atoms with Crippen molar-refractivity contribution in [2.24, 2.45) is 0 Å². The summed E-state index contributed by atoms with van der Waals surface area (Å²) >= 11 is 26.4. The van der Waals surface area contributed by atoms with Gasteiger partial charge in [-0.1, -0.05) is 203 Å². The Morgan fingerprint density at radius 2 is 0.765 bits per heavy atom. The standard InChI is InChI=1S/C5HI11O/c6-1(3(9,10)11,4(12,13)14)2(7,8)5(15,16)17/h17H. The zero-order chi connectivity index (χ0) is 14.5. The maximum Gasteiger partial charge on any atom is 0.192 e. The Bertz CT molecular complexity index is 266. The molecule has 12 heteroatoms. The summed E-state index contributed by atoms with van der Waals surface area (Å²) in [5, 5.41) is 10.5. The maximum atomic E-state index is 10.5. The SMILES string of the molecule is OC(I)(I)C(I)(I)C(I)(C(I)(I)I)C(I)(I)I. The average molecular weight is 1470 g/mol. The molecule has 1 nitrogen and oxygen atoms in total. The Morgan fingerprint density at radius 3 is 0.824 bits per heavy atom. The number of hydrogen-bond acceptors (Lipinski definition) is 1. The molecule has 0 bridgehead atoms. The molecule has 0 unspecified atom stereocenters. The van der Waals surface area contributed by atoms with Gasteiger partial charge in [0.05, 0.1) is 0 Å². The first kappa shape index (κ1) is 25.0. The fraction of sp³-hybridized carbons (Fsp3) is 1.00. The molecule has 0 atom stereocenters. The van der Waals surface area contributed by atoms with E-state index in [0.717, 1.165) is 0 Å². The number of halogens is 11. The lowest BCUT2D eigenvalue weighted by molar-refractivity contribution is 0.250. The normalized spacial score (nSPS) is 16.2. The summed E-state index contributed by atoms with van der Waals surface area (Å²) < 4.78 is -1.37. The van der Waals surface area contributed by atoms with Gasteiger partial charge >= 0.3 is 0 Å². The summed E-state index contributed by atoms with van der Waals surface area (Å²) in [5.41, 5.74) is 0. The molecule has 17 heavy (non-hydrogen) atoms. The Labute approximate surface area is 251 Å². The monoisotopic (exact) mass is 1470 g/mol. The molecule has 0 spiro atoms. The summed E-state index contributed by atoms with van der Waals surface area (Å²) in [7, 11) is 0. The highest BCUT2D eigenvalue weighted by atomic mass is 127. The third-order valence-corrected chi connectivity index (χ3v) is 26.1.